The fourth-order valence-electron chi connectivity index (χ4n) is 1.35. The predicted molar refractivity (Wildman–Crippen MR) is 50.5 cm³/mol. The van der Waals surface area contributed by atoms with Crippen LogP contribution in [0, 0.1) is 0 Å². The SMILES string of the molecule is CCC(C)c1noc2ncccc12. The lowest BCUT2D eigenvalue weighted by Gasteiger charge is -2.01. The molecular formula is C10H12N2O. The second kappa shape index (κ2) is 3.17. The third-order valence-corrected chi connectivity index (χ3v) is 2.36. The van der Waals surface area contributed by atoms with Gasteiger partial charge >= 0.3 is 0 Å². The van der Waals surface area contributed by atoms with Gasteiger partial charge in [0, 0.05) is 12.1 Å². The Morgan fingerprint density at radius 3 is 3.15 bits per heavy atom. The highest BCUT2D eigenvalue weighted by molar-refractivity contribution is 5.75. The van der Waals surface area contributed by atoms with Crippen molar-refractivity contribution < 1.29 is 4.52 Å². The second-order valence-electron chi connectivity index (χ2n) is 3.23. The van der Waals surface area contributed by atoms with Crippen LogP contribution in [0.5, 0.6) is 0 Å². The van der Waals surface area contributed by atoms with Crippen LogP contribution in [0.15, 0.2) is 22.9 Å². The van der Waals surface area contributed by atoms with Gasteiger partial charge in [-0.1, -0.05) is 19.0 Å². The van der Waals surface area contributed by atoms with Gasteiger partial charge < -0.3 is 4.52 Å². The van der Waals surface area contributed by atoms with Crippen LogP contribution in [0.25, 0.3) is 11.1 Å². The number of aromatic nitrogens is 2. The molecule has 2 rings (SSSR count). The molecule has 0 aliphatic carbocycles. The third-order valence-electron chi connectivity index (χ3n) is 2.36. The van der Waals surface area contributed by atoms with E-state index in [1.165, 1.54) is 0 Å². The molecule has 2 aromatic heterocycles. The van der Waals surface area contributed by atoms with Gasteiger partial charge in [-0.15, -0.1) is 0 Å². The van der Waals surface area contributed by atoms with Gasteiger partial charge in [-0.2, -0.15) is 0 Å². The molecule has 1 unspecified atom stereocenters. The summed E-state index contributed by atoms with van der Waals surface area (Å²) in [4.78, 5) is 4.09. The summed E-state index contributed by atoms with van der Waals surface area (Å²) in [5, 5.41) is 5.07. The Labute approximate surface area is 76.8 Å². The molecule has 0 N–H and O–H groups in total. The molecular weight excluding hydrogens is 164 g/mol. The van der Waals surface area contributed by atoms with Crippen LogP contribution in [0.3, 0.4) is 0 Å². The maximum Gasteiger partial charge on any atom is 0.257 e. The van der Waals surface area contributed by atoms with Crippen molar-refractivity contribution in [1.29, 1.82) is 0 Å². The zero-order chi connectivity index (χ0) is 9.26. The summed E-state index contributed by atoms with van der Waals surface area (Å²) in [6.45, 7) is 4.28. The highest BCUT2D eigenvalue weighted by atomic mass is 16.5. The van der Waals surface area contributed by atoms with Gasteiger partial charge in [0.05, 0.1) is 11.1 Å². The molecule has 13 heavy (non-hydrogen) atoms. The standard InChI is InChI=1S/C10H12N2O/c1-3-7(2)9-8-5-4-6-11-10(8)13-12-9/h4-7H,3H2,1-2H3. The zero-order valence-corrected chi connectivity index (χ0v) is 7.82. The fraction of sp³-hybridized carbons (Fsp3) is 0.400. The van der Waals surface area contributed by atoms with Gasteiger partial charge in [0.25, 0.3) is 5.71 Å². The number of hydrogen-bond acceptors (Lipinski definition) is 3. The molecule has 1 atom stereocenters. The second-order valence-corrected chi connectivity index (χ2v) is 3.23. The molecule has 0 aromatic carbocycles. The summed E-state index contributed by atoms with van der Waals surface area (Å²) in [5.41, 5.74) is 1.66. The van der Waals surface area contributed by atoms with E-state index in [2.05, 4.69) is 24.0 Å². The number of nitrogens with zero attached hydrogens (tertiary/aromatic N) is 2. The summed E-state index contributed by atoms with van der Waals surface area (Å²) in [6.07, 6.45) is 2.78. The van der Waals surface area contributed by atoms with Crippen molar-refractivity contribution in [2.24, 2.45) is 0 Å². The van der Waals surface area contributed by atoms with Crippen molar-refractivity contribution in [3.05, 3.63) is 24.0 Å². The Hall–Kier alpha value is -1.38. The fourth-order valence-corrected chi connectivity index (χ4v) is 1.35. The smallest absolute Gasteiger partial charge is 0.257 e. The Morgan fingerprint density at radius 1 is 1.54 bits per heavy atom. The molecule has 0 fully saturated rings. The van der Waals surface area contributed by atoms with E-state index >= 15 is 0 Å². The van der Waals surface area contributed by atoms with Gasteiger partial charge in [0.2, 0.25) is 0 Å². The van der Waals surface area contributed by atoms with Crippen molar-refractivity contribution in [3.63, 3.8) is 0 Å². The highest BCUT2D eigenvalue weighted by Gasteiger charge is 2.13. The average molecular weight is 176 g/mol. The molecule has 0 aliphatic rings. The van der Waals surface area contributed by atoms with E-state index in [0.29, 0.717) is 11.6 Å². The van der Waals surface area contributed by atoms with E-state index in [0.717, 1.165) is 17.5 Å². The summed E-state index contributed by atoms with van der Waals surface area (Å²) in [5.74, 6) is 0.436. The van der Waals surface area contributed by atoms with E-state index < -0.39 is 0 Å². The van der Waals surface area contributed by atoms with Gasteiger partial charge in [-0.05, 0) is 18.6 Å². The van der Waals surface area contributed by atoms with Crippen LogP contribution in [0.4, 0.5) is 0 Å². The summed E-state index contributed by atoms with van der Waals surface area (Å²) < 4.78 is 5.11. The molecule has 0 spiro atoms. The molecule has 3 heteroatoms. The van der Waals surface area contributed by atoms with Crippen molar-refractivity contribution in [3.8, 4) is 0 Å². The van der Waals surface area contributed by atoms with Gasteiger partial charge in [0.15, 0.2) is 0 Å². The van der Waals surface area contributed by atoms with Crippen LogP contribution in [-0.2, 0) is 0 Å². The minimum absolute atomic E-state index is 0.436. The first-order chi connectivity index (χ1) is 6.33. The maximum absolute atomic E-state index is 5.11. The quantitative estimate of drug-likeness (QED) is 0.706. The maximum atomic E-state index is 5.11. The molecule has 0 bridgehead atoms. The van der Waals surface area contributed by atoms with E-state index in [-0.39, 0.29) is 0 Å². The molecule has 2 aromatic rings. The first kappa shape index (κ1) is 8.23. The Kier molecular flexibility index (Phi) is 2.00. The van der Waals surface area contributed by atoms with Crippen LogP contribution >= 0.6 is 0 Å². The number of fused-ring (bicyclic) bond motifs is 1. The van der Waals surface area contributed by atoms with Crippen LogP contribution in [0.2, 0.25) is 0 Å². The molecule has 3 nitrogen and oxygen atoms in total. The topological polar surface area (TPSA) is 38.9 Å². The lowest BCUT2D eigenvalue weighted by atomic mass is 10.0. The van der Waals surface area contributed by atoms with Gasteiger partial charge in [0.1, 0.15) is 0 Å². The number of rotatable bonds is 2. The van der Waals surface area contributed by atoms with Crippen molar-refractivity contribution in [2.75, 3.05) is 0 Å². The Bertz CT molecular complexity index is 408. The molecule has 0 radical (unpaired) electrons. The van der Waals surface area contributed by atoms with E-state index in [1.807, 2.05) is 12.1 Å². The largest absolute Gasteiger partial charge is 0.336 e. The van der Waals surface area contributed by atoms with Crippen LogP contribution < -0.4 is 0 Å². The van der Waals surface area contributed by atoms with Crippen LogP contribution in [0.1, 0.15) is 31.9 Å². The first-order valence-electron chi connectivity index (χ1n) is 4.53. The third kappa shape index (κ3) is 1.30. The van der Waals surface area contributed by atoms with Crippen LogP contribution in [-0.4, -0.2) is 10.1 Å². The molecule has 0 saturated heterocycles. The Morgan fingerprint density at radius 2 is 2.38 bits per heavy atom. The molecule has 0 saturated carbocycles. The van der Waals surface area contributed by atoms with Gasteiger partial charge in [-0.25, -0.2) is 4.98 Å². The Balaban J connectivity index is 2.57. The first-order valence-corrected chi connectivity index (χ1v) is 4.53. The average Bonchev–Trinajstić information content (AvgIpc) is 2.60. The van der Waals surface area contributed by atoms with E-state index in [9.17, 15) is 0 Å². The lowest BCUT2D eigenvalue weighted by molar-refractivity contribution is 0.431. The summed E-state index contributed by atoms with van der Waals surface area (Å²) in [6, 6.07) is 3.91. The minimum atomic E-state index is 0.436. The summed E-state index contributed by atoms with van der Waals surface area (Å²) in [7, 11) is 0. The van der Waals surface area contributed by atoms with Crippen molar-refractivity contribution in [1.82, 2.24) is 10.1 Å². The zero-order valence-electron chi connectivity index (χ0n) is 7.82. The molecule has 68 valence electrons. The van der Waals surface area contributed by atoms with Gasteiger partial charge in [-0.3, -0.25) is 0 Å². The predicted octanol–water partition coefficient (Wildman–Crippen LogP) is 2.74. The molecule has 2 heterocycles. The van der Waals surface area contributed by atoms with E-state index in [4.69, 9.17) is 4.52 Å². The number of pyridine rings is 1. The summed E-state index contributed by atoms with van der Waals surface area (Å²) >= 11 is 0. The van der Waals surface area contributed by atoms with Crippen molar-refractivity contribution in [2.45, 2.75) is 26.2 Å². The highest BCUT2D eigenvalue weighted by Crippen LogP contribution is 2.24. The minimum Gasteiger partial charge on any atom is -0.336 e. The lowest BCUT2D eigenvalue weighted by Crippen LogP contribution is -1.91. The van der Waals surface area contributed by atoms with Crippen molar-refractivity contribution >= 4 is 11.1 Å². The molecule has 0 aliphatic heterocycles. The number of hydrogen-bond donors (Lipinski definition) is 0. The normalized spacial score (nSPS) is 13.4. The monoisotopic (exact) mass is 176 g/mol. The van der Waals surface area contributed by atoms with E-state index in [1.54, 1.807) is 6.20 Å². The molecule has 0 amide bonds.